The van der Waals surface area contributed by atoms with Crippen molar-refractivity contribution in [3.8, 4) is 0 Å². The van der Waals surface area contributed by atoms with E-state index in [9.17, 15) is 9.59 Å². The van der Waals surface area contributed by atoms with Gasteiger partial charge in [0.2, 0.25) is 0 Å². The number of aromatic nitrogens is 1. The smallest absolute Gasteiger partial charge is 0.335 e. The number of benzene rings is 1. The Morgan fingerprint density at radius 2 is 1.95 bits per heavy atom. The van der Waals surface area contributed by atoms with Gasteiger partial charge in [0.15, 0.2) is 0 Å². The van der Waals surface area contributed by atoms with Crippen LogP contribution in [0.5, 0.6) is 0 Å². The minimum absolute atomic E-state index is 0.169. The van der Waals surface area contributed by atoms with Crippen molar-refractivity contribution in [1.82, 2.24) is 4.98 Å². The minimum atomic E-state index is -1.01. The topological polar surface area (TPSA) is 70.5 Å². The molecule has 1 aliphatic heterocycles. The fourth-order valence-corrected chi connectivity index (χ4v) is 2.49. The first-order chi connectivity index (χ1) is 10.1. The van der Waals surface area contributed by atoms with E-state index in [4.69, 9.17) is 16.7 Å². The standard InChI is InChI=1S/C15H11ClN2O3/c16-13-4-3-11(8-17-13)14(19)18-6-5-9-1-2-10(15(20)21)7-12(9)18/h1-4,7-8H,5-6H2,(H,20,21). The summed E-state index contributed by atoms with van der Waals surface area (Å²) in [5.41, 5.74) is 2.21. The average Bonchev–Trinajstić information content (AvgIpc) is 2.90. The summed E-state index contributed by atoms with van der Waals surface area (Å²) in [5.74, 6) is -1.22. The number of aromatic carboxylic acids is 1. The molecular formula is C15H11ClN2O3. The largest absolute Gasteiger partial charge is 0.478 e. The zero-order chi connectivity index (χ0) is 15.0. The third-order valence-corrected chi connectivity index (χ3v) is 3.67. The van der Waals surface area contributed by atoms with Gasteiger partial charge in [-0.3, -0.25) is 4.79 Å². The van der Waals surface area contributed by atoms with Crippen LogP contribution in [-0.2, 0) is 6.42 Å². The molecule has 1 aliphatic rings. The molecule has 2 heterocycles. The zero-order valence-corrected chi connectivity index (χ0v) is 11.7. The van der Waals surface area contributed by atoms with Gasteiger partial charge in [-0.2, -0.15) is 0 Å². The normalized spacial score (nSPS) is 13.1. The van der Waals surface area contributed by atoms with E-state index in [1.54, 1.807) is 29.2 Å². The summed E-state index contributed by atoms with van der Waals surface area (Å²) in [6.45, 7) is 0.528. The van der Waals surface area contributed by atoms with Crippen molar-refractivity contribution in [3.63, 3.8) is 0 Å². The third kappa shape index (κ3) is 2.48. The molecule has 0 atom stereocenters. The van der Waals surface area contributed by atoms with Crippen molar-refractivity contribution in [2.45, 2.75) is 6.42 Å². The lowest BCUT2D eigenvalue weighted by atomic mass is 10.1. The fraction of sp³-hybridized carbons (Fsp3) is 0.133. The van der Waals surface area contributed by atoms with E-state index in [-0.39, 0.29) is 11.5 Å². The number of fused-ring (bicyclic) bond motifs is 1. The molecule has 0 saturated heterocycles. The molecule has 1 amide bonds. The first-order valence-corrected chi connectivity index (χ1v) is 6.73. The molecule has 3 rings (SSSR count). The lowest BCUT2D eigenvalue weighted by Gasteiger charge is -2.17. The van der Waals surface area contributed by atoms with E-state index in [1.165, 1.54) is 12.3 Å². The van der Waals surface area contributed by atoms with Crippen molar-refractivity contribution in [2.75, 3.05) is 11.4 Å². The van der Waals surface area contributed by atoms with Crippen LogP contribution in [0.4, 0.5) is 5.69 Å². The molecule has 2 aromatic rings. The highest BCUT2D eigenvalue weighted by atomic mass is 35.5. The summed E-state index contributed by atoms with van der Waals surface area (Å²) < 4.78 is 0. The van der Waals surface area contributed by atoms with Gasteiger partial charge >= 0.3 is 5.97 Å². The lowest BCUT2D eigenvalue weighted by Crippen LogP contribution is -2.29. The highest BCUT2D eigenvalue weighted by Gasteiger charge is 2.26. The van der Waals surface area contributed by atoms with E-state index in [0.29, 0.717) is 29.4 Å². The van der Waals surface area contributed by atoms with Crippen LogP contribution in [0, 0.1) is 0 Å². The highest BCUT2D eigenvalue weighted by molar-refractivity contribution is 6.29. The Morgan fingerprint density at radius 3 is 2.62 bits per heavy atom. The summed E-state index contributed by atoms with van der Waals surface area (Å²) in [6.07, 6.45) is 2.13. The van der Waals surface area contributed by atoms with Crippen LogP contribution in [0.1, 0.15) is 26.3 Å². The Hall–Kier alpha value is -2.40. The SMILES string of the molecule is O=C(O)c1ccc2c(c1)N(C(=O)c1ccc(Cl)nc1)CC2. The van der Waals surface area contributed by atoms with Gasteiger partial charge in [-0.1, -0.05) is 17.7 Å². The Kier molecular flexibility index (Phi) is 3.35. The van der Waals surface area contributed by atoms with Crippen LogP contribution in [-0.4, -0.2) is 28.5 Å². The average molecular weight is 303 g/mol. The number of carbonyl (C=O) groups excluding carboxylic acids is 1. The molecule has 0 fully saturated rings. The van der Waals surface area contributed by atoms with Gasteiger partial charge in [-0.15, -0.1) is 0 Å². The maximum absolute atomic E-state index is 12.5. The van der Waals surface area contributed by atoms with Crippen molar-refractivity contribution in [2.24, 2.45) is 0 Å². The molecule has 0 bridgehead atoms. The van der Waals surface area contributed by atoms with E-state index < -0.39 is 5.97 Å². The number of pyridine rings is 1. The van der Waals surface area contributed by atoms with E-state index >= 15 is 0 Å². The molecular weight excluding hydrogens is 292 g/mol. The minimum Gasteiger partial charge on any atom is -0.478 e. The molecule has 0 radical (unpaired) electrons. The molecule has 0 spiro atoms. The van der Waals surface area contributed by atoms with Gasteiger partial charge in [0.25, 0.3) is 5.91 Å². The summed E-state index contributed by atoms with van der Waals surface area (Å²) in [4.78, 5) is 29.0. The molecule has 21 heavy (non-hydrogen) atoms. The Labute approximate surface area is 125 Å². The number of amides is 1. The molecule has 106 valence electrons. The van der Waals surface area contributed by atoms with Crippen LogP contribution < -0.4 is 4.90 Å². The molecule has 1 aromatic heterocycles. The quantitative estimate of drug-likeness (QED) is 0.866. The summed E-state index contributed by atoms with van der Waals surface area (Å²) in [7, 11) is 0. The number of carbonyl (C=O) groups is 2. The van der Waals surface area contributed by atoms with Gasteiger partial charge in [-0.25, -0.2) is 9.78 Å². The third-order valence-electron chi connectivity index (χ3n) is 3.45. The van der Waals surface area contributed by atoms with Crippen molar-refractivity contribution in [3.05, 3.63) is 58.4 Å². The highest BCUT2D eigenvalue weighted by Crippen LogP contribution is 2.30. The number of carboxylic acid groups (broad SMARTS) is 1. The summed E-state index contributed by atoms with van der Waals surface area (Å²) in [6, 6.07) is 8.01. The molecule has 1 N–H and O–H groups in total. The van der Waals surface area contributed by atoms with E-state index in [2.05, 4.69) is 4.98 Å². The molecule has 0 aliphatic carbocycles. The predicted octanol–water partition coefficient (Wildman–Crippen LogP) is 2.64. The number of anilines is 1. The maximum atomic E-state index is 12.5. The zero-order valence-electron chi connectivity index (χ0n) is 10.9. The molecule has 0 unspecified atom stereocenters. The number of nitrogens with zero attached hydrogens (tertiary/aromatic N) is 2. The lowest BCUT2D eigenvalue weighted by molar-refractivity contribution is 0.0696. The Bertz CT molecular complexity index is 728. The van der Waals surface area contributed by atoms with E-state index in [1.807, 2.05) is 0 Å². The first kappa shape index (κ1) is 13.6. The number of carboxylic acids is 1. The number of hydrogen-bond donors (Lipinski definition) is 1. The number of halogens is 1. The second-order valence-electron chi connectivity index (χ2n) is 4.73. The predicted molar refractivity (Wildman–Crippen MR) is 78.0 cm³/mol. The van der Waals surface area contributed by atoms with Gasteiger partial charge in [0.1, 0.15) is 5.15 Å². The molecule has 6 heteroatoms. The van der Waals surface area contributed by atoms with Crippen molar-refractivity contribution in [1.29, 1.82) is 0 Å². The summed E-state index contributed by atoms with van der Waals surface area (Å²) in [5, 5.41) is 9.38. The van der Waals surface area contributed by atoms with E-state index in [0.717, 1.165) is 5.56 Å². The van der Waals surface area contributed by atoms with Gasteiger partial charge in [-0.05, 0) is 36.2 Å². The van der Waals surface area contributed by atoms with Crippen LogP contribution in [0.3, 0.4) is 0 Å². The molecule has 5 nitrogen and oxygen atoms in total. The fourth-order valence-electron chi connectivity index (χ4n) is 2.38. The molecule has 0 saturated carbocycles. The van der Waals surface area contributed by atoms with Crippen LogP contribution in [0.25, 0.3) is 0 Å². The number of hydrogen-bond acceptors (Lipinski definition) is 3. The van der Waals surface area contributed by atoms with Crippen LogP contribution >= 0.6 is 11.6 Å². The van der Waals surface area contributed by atoms with Gasteiger partial charge in [0, 0.05) is 18.4 Å². The van der Waals surface area contributed by atoms with Crippen molar-refractivity contribution < 1.29 is 14.7 Å². The maximum Gasteiger partial charge on any atom is 0.335 e. The second-order valence-corrected chi connectivity index (χ2v) is 5.11. The second kappa shape index (κ2) is 5.18. The Balaban J connectivity index is 1.96. The monoisotopic (exact) mass is 302 g/mol. The van der Waals surface area contributed by atoms with Gasteiger partial charge < -0.3 is 10.0 Å². The number of rotatable bonds is 2. The Morgan fingerprint density at radius 1 is 1.19 bits per heavy atom. The van der Waals surface area contributed by atoms with Crippen LogP contribution in [0.15, 0.2) is 36.5 Å². The van der Waals surface area contributed by atoms with Gasteiger partial charge in [0.05, 0.1) is 11.1 Å². The molecule has 1 aromatic carbocycles. The van der Waals surface area contributed by atoms with Crippen LogP contribution in [0.2, 0.25) is 5.15 Å². The van der Waals surface area contributed by atoms with Crippen molar-refractivity contribution >= 4 is 29.2 Å². The first-order valence-electron chi connectivity index (χ1n) is 6.36. The summed E-state index contributed by atoms with van der Waals surface area (Å²) >= 11 is 5.71.